The van der Waals surface area contributed by atoms with Crippen molar-refractivity contribution in [2.45, 2.75) is 13.2 Å². The maximum absolute atomic E-state index is 6.27. The monoisotopic (exact) mass is 468 g/mol. The van der Waals surface area contributed by atoms with E-state index in [2.05, 4.69) is 26.1 Å². The fourth-order valence-corrected chi connectivity index (χ4v) is 3.75. The Morgan fingerprint density at radius 1 is 1.18 bits per heavy atom. The summed E-state index contributed by atoms with van der Waals surface area (Å²) >= 11 is 9.92. The van der Waals surface area contributed by atoms with Crippen molar-refractivity contribution in [2.75, 3.05) is 46.5 Å². The summed E-state index contributed by atoms with van der Waals surface area (Å²) in [5.74, 6) is 1.44. The van der Waals surface area contributed by atoms with Gasteiger partial charge in [-0.05, 0) is 18.2 Å². The first-order chi connectivity index (χ1) is 13.7. The number of ether oxygens (including phenoxy) is 3. The summed E-state index contributed by atoms with van der Waals surface area (Å²) in [5.41, 5.74) is 1.98. The molecular weight excluding hydrogens is 444 g/mol. The van der Waals surface area contributed by atoms with Gasteiger partial charge in [0, 0.05) is 53.3 Å². The molecule has 1 aliphatic heterocycles. The second-order valence-electron chi connectivity index (χ2n) is 6.57. The first kappa shape index (κ1) is 21.4. The van der Waals surface area contributed by atoms with Crippen LogP contribution >= 0.6 is 27.5 Å². The van der Waals surface area contributed by atoms with Gasteiger partial charge in [0.2, 0.25) is 0 Å². The van der Waals surface area contributed by atoms with Crippen molar-refractivity contribution in [3.63, 3.8) is 0 Å². The van der Waals surface area contributed by atoms with Crippen LogP contribution in [0.25, 0.3) is 0 Å². The molecule has 2 aromatic rings. The fourth-order valence-electron chi connectivity index (χ4n) is 3.11. The average Bonchev–Trinajstić information content (AvgIpc) is 2.72. The quantitative estimate of drug-likeness (QED) is 0.560. The van der Waals surface area contributed by atoms with E-state index in [1.807, 2.05) is 36.4 Å². The zero-order chi connectivity index (χ0) is 19.8. The lowest BCUT2D eigenvalue weighted by atomic mass is 10.1. The van der Waals surface area contributed by atoms with Crippen LogP contribution in [0.1, 0.15) is 11.1 Å². The zero-order valence-corrected chi connectivity index (χ0v) is 18.4. The van der Waals surface area contributed by atoms with E-state index in [0.717, 1.165) is 60.7 Å². The number of morpholine rings is 1. The van der Waals surface area contributed by atoms with Crippen LogP contribution in [0.4, 0.5) is 0 Å². The molecule has 1 heterocycles. The van der Waals surface area contributed by atoms with E-state index in [9.17, 15) is 0 Å². The van der Waals surface area contributed by atoms with E-state index in [4.69, 9.17) is 25.8 Å². The van der Waals surface area contributed by atoms with E-state index in [0.29, 0.717) is 23.9 Å². The highest BCUT2D eigenvalue weighted by Crippen LogP contribution is 2.37. The Labute approximate surface area is 180 Å². The molecule has 0 aromatic heterocycles. The summed E-state index contributed by atoms with van der Waals surface area (Å²) in [6, 6.07) is 11.6. The van der Waals surface area contributed by atoms with E-state index in [1.54, 1.807) is 7.11 Å². The molecule has 1 fully saturated rings. The SMILES string of the molecule is COc1ccc(Br)c(CNCCN2CCOCC2)c1OCc1ccccc1Cl. The number of rotatable bonds is 9. The van der Waals surface area contributed by atoms with Crippen LogP contribution in [-0.4, -0.2) is 51.4 Å². The molecule has 3 rings (SSSR count). The Bertz CT molecular complexity index is 769. The van der Waals surface area contributed by atoms with Crippen LogP contribution in [0.2, 0.25) is 5.02 Å². The molecule has 0 saturated carbocycles. The van der Waals surface area contributed by atoms with Gasteiger partial charge in [0.25, 0.3) is 0 Å². The van der Waals surface area contributed by atoms with Crippen molar-refractivity contribution in [1.29, 1.82) is 0 Å². The molecule has 7 heteroatoms. The minimum absolute atomic E-state index is 0.382. The number of nitrogens with zero attached hydrogens (tertiary/aromatic N) is 1. The molecule has 5 nitrogen and oxygen atoms in total. The number of halogens is 2. The second kappa shape index (κ2) is 11.0. The lowest BCUT2D eigenvalue weighted by Gasteiger charge is -2.26. The molecule has 1 saturated heterocycles. The summed E-state index contributed by atoms with van der Waals surface area (Å²) in [5, 5.41) is 4.21. The lowest BCUT2D eigenvalue weighted by molar-refractivity contribution is 0.0384. The minimum Gasteiger partial charge on any atom is -0.493 e. The molecule has 152 valence electrons. The summed E-state index contributed by atoms with van der Waals surface area (Å²) in [6.45, 7) is 6.60. The maximum atomic E-state index is 6.27. The van der Waals surface area contributed by atoms with Crippen molar-refractivity contribution < 1.29 is 14.2 Å². The first-order valence-corrected chi connectivity index (χ1v) is 10.6. The van der Waals surface area contributed by atoms with E-state index in [1.165, 1.54) is 0 Å². The third-order valence-corrected chi connectivity index (χ3v) is 5.84. The van der Waals surface area contributed by atoms with Crippen molar-refractivity contribution in [1.82, 2.24) is 10.2 Å². The Hall–Kier alpha value is -1.31. The van der Waals surface area contributed by atoms with Crippen LogP contribution in [0.3, 0.4) is 0 Å². The van der Waals surface area contributed by atoms with Crippen LogP contribution in [0.15, 0.2) is 40.9 Å². The molecule has 0 atom stereocenters. The Morgan fingerprint density at radius 3 is 2.71 bits per heavy atom. The molecule has 0 radical (unpaired) electrons. The number of nitrogens with one attached hydrogen (secondary N) is 1. The average molecular weight is 470 g/mol. The van der Waals surface area contributed by atoms with Crippen LogP contribution in [0, 0.1) is 0 Å². The highest BCUT2D eigenvalue weighted by molar-refractivity contribution is 9.10. The van der Waals surface area contributed by atoms with Crippen LogP contribution in [0.5, 0.6) is 11.5 Å². The fraction of sp³-hybridized carbons (Fsp3) is 0.429. The van der Waals surface area contributed by atoms with Gasteiger partial charge in [-0.3, -0.25) is 4.90 Å². The smallest absolute Gasteiger partial charge is 0.167 e. The number of benzene rings is 2. The third-order valence-electron chi connectivity index (χ3n) is 4.73. The molecular formula is C21H26BrClN2O3. The van der Waals surface area contributed by atoms with Crippen LogP contribution < -0.4 is 14.8 Å². The number of hydrogen-bond acceptors (Lipinski definition) is 5. The van der Waals surface area contributed by atoms with Gasteiger partial charge in [-0.25, -0.2) is 0 Å². The summed E-state index contributed by atoms with van der Waals surface area (Å²) in [6.07, 6.45) is 0. The van der Waals surface area contributed by atoms with E-state index in [-0.39, 0.29) is 0 Å². The minimum atomic E-state index is 0.382. The van der Waals surface area contributed by atoms with Gasteiger partial charge in [-0.1, -0.05) is 45.7 Å². The molecule has 0 spiro atoms. The largest absolute Gasteiger partial charge is 0.493 e. The second-order valence-corrected chi connectivity index (χ2v) is 7.83. The van der Waals surface area contributed by atoms with Crippen molar-refractivity contribution in [3.8, 4) is 11.5 Å². The van der Waals surface area contributed by atoms with Crippen molar-refractivity contribution in [3.05, 3.63) is 57.0 Å². The van der Waals surface area contributed by atoms with Crippen molar-refractivity contribution >= 4 is 27.5 Å². The Kier molecular flexibility index (Phi) is 8.43. The van der Waals surface area contributed by atoms with Gasteiger partial charge in [-0.15, -0.1) is 0 Å². The molecule has 0 unspecified atom stereocenters. The topological polar surface area (TPSA) is 43.0 Å². The zero-order valence-electron chi connectivity index (χ0n) is 16.0. The molecule has 0 aliphatic carbocycles. The highest BCUT2D eigenvalue weighted by Gasteiger charge is 2.16. The van der Waals surface area contributed by atoms with Gasteiger partial charge in [0.1, 0.15) is 6.61 Å². The highest BCUT2D eigenvalue weighted by atomic mass is 79.9. The standard InChI is InChI=1S/C21H26BrClN2O3/c1-26-20-7-6-18(22)17(14-24-8-9-25-10-12-27-13-11-25)21(20)28-15-16-4-2-3-5-19(16)23/h2-7,24H,8-15H2,1H3. The first-order valence-electron chi connectivity index (χ1n) is 9.41. The molecule has 1 N–H and O–H groups in total. The predicted molar refractivity (Wildman–Crippen MR) is 115 cm³/mol. The molecule has 2 aromatic carbocycles. The summed E-state index contributed by atoms with van der Waals surface area (Å²) in [7, 11) is 1.65. The van der Waals surface area contributed by atoms with Gasteiger partial charge >= 0.3 is 0 Å². The van der Waals surface area contributed by atoms with Crippen LogP contribution in [-0.2, 0) is 17.9 Å². The van der Waals surface area contributed by atoms with Gasteiger partial charge in [0.05, 0.1) is 20.3 Å². The van der Waals surface area contributed by atoms with Gasteiger partial charge < -0.3 is 19.5 Å². The third kappa shape index (κ3) is 5.84. The van der Waals surface area contributed by atoms with Crippen molar-refractivity contribution in [2.24, 2.45) is 0 Å². The molecule has 28 heavy (non-hydrogen) atoms. The summed E-state index contributed by atoms with van der Waals surface area (Å²) in [4.78, 5) is 2.41. The van der Waals surface area contributed by atoms with Gasteiger partial charge in [-0.2, -0.15) is 0 Å². The normalized spacial score (nSPS) is 14.8. The van der Waals surface area contributed by atoms with E-state index >= 15 is 0 Å². The molecule has 0 bridgehead atoms. The molecule has 0 amide bonds. The predicted octanol–water partition coefficient (Wildman–Crippen LogP) is 4.11. The van der Waals surface area contributed by atoms with Gasteiger partial charge in [0.15, 0.2) is 11.5 Å². The lowest BCUT2D eigenvalue weighted by Crippen LogP contribution is -2.40. The Morgan fingerprint density at radius 2 is 1.96 bits per heavy atom. The number of hydrogen-bond donors (Lipinski definition) is 1. The maximum Gasteiger partial charge on any atom is 0.167 e. The molecule has 1 aliphatic rings. The summed E-state index contributed by atoms with van der Waals surface area (Å²) < 4.78 is 18.1. The van der Waals surface area contributed by atoms with E-state index < -0.39 is 0 Å². The Balaban J connectivity index is 1.64. The number of methoxy groups -OCH3 is 1.